The molecule has 14 heavy (non-hydrogen) atoms. The molecule has 0 saturated heterocycles. The van der Waals surface area contributed by atoms with E-state index in [0.717, 1.165) is 12.4 Å². The molecule has 0 amide bonds. The van der Waals surface area contributed by atoms with Crippen LogP contribution in [0, 0.1) is 6.92 Å². The molecule has 0 aliphatic heterocycles. The molecular formula is C10H13N3S. The molecule has 0 aliphatic carbocycles. The molecule has 0 unspecified atom stereocenters. The van der Waals surface area contributed by atoms with Crippen LogP contribution in [0.4, 0.5) is 5.69 Å². The van der Waals surface area contributed by atoms with Crippen LogP contribution in [-0.2, 0) is 13.6 Å². The van der Waals surface area contributed by atoms with Crippen LogP contribution in [0.2, 0.25) is 0 Å². The maximum absolute atomic E-state index is 4.25. The molecule has 1 N–H and O–H groups in total. The summed E-state index contributed by atoms with van der Waals surface area (Å²) in [5.41, 5.74) is 2.50. The van der Waals surface area contributed by atoms with E-state index in [1.165, 1.54) is 11.3 Å². The molecule has 0 fully saturated rings. The van der Waals surface area contributed by atoms with Gasteiger partial charge in [-0.05, 0) is 17.9 Å². The highest BCUT2D eigenvalue weighted by Crippen LogP contribution is 2.19. The van der Waals surface area contributed by atoms with Crippen LogP contribution in [0.15, 0.2) is 23.2 Å². The first-order chi connectivity index (χ1) is 6.77. The number of hydrogen-bond donors (Lipinski definition) is 1. The van der Waals surface area contributed by atoms with Crippen LogP contribution < -0.4 is 5.32 Å². The second-order valence-electron chi connectivity index (χ2n) is 3.28. The van der Waals surface area contributed by atoms with E-state index in [1.54, 1.807) is 11.3 Å². The fourth-order valence-electron chi connectivity index (χ4n) is 1.28. The van der Waals surface area contributed by atoms with Crippen molar-refractivity contribution >= 4 is 17.0 Å². The van der Waals surface area contributed by atoms with Crippen molar-refractivity contribution in [2.75, 3.05) is 5.32 Å². The number of thiophene rings is 1. The second kappa shape index (κ2) is 3.84. The monoisotopic (exact) mass is 207 g/mol. The first-order valence-electron chi connectivity index (χ1n) is 4.50. The molecule has 0 radical (unpaired) electrons. The van der Waals surface area contributed by atoms with Gasteiger partial charge in [0.15, 0.2) is 0 Å². The van der Waals surface area contributed by atoms with Gasteiger partial charge in [0.05, 0.1) is 6.54 Å². The summed E-state index contributed by atoms with van der Waals surface area (Å²) in [6.07, 6.45) is 3.77. The quantitative estimate of drug-likeness (QED) is 0.837. The molecule has 0 saturated carbocycles. The number of aromatic nitrogens is 2. The van der Waals surface area contributed by atoms with Gasteiger partial charge in [-0.3, -0.25) is 0 Å². The van der Waals surface area contributed by atoms with Crippen molar-refractivity contribution in [3.05, 3.63) is 34.5 Å². The van der Waals surface area contributed by atoms with Crippen LogP contribution in [-0.4, -0.2) is 9.55 Å². The van der Waals surface area contributed by atoms with Crippen molar-refractivity contribution in [3.63, 3.8) is 0 Å². The third kappa shape index (κ3) is 1.80. The summed E-state index contributed by atoms with van der Waals surface area (Å²) in [6, 6.07) is 0. The molecule has 2 aromatic heterocycles. The lowest BCUT2D eigenvalue weighted by Crippen LogP contribution is -2.05. The Labute approximate surface area is 87.4 Å². The molecule has 0 aromatic carbocycles. The number of rotatable bonds is 3. The Kier molecular flexibility index (Phi) is 2.54. The van der Waals surface area contributed by atoms with E-state index in [0.29, 0.717) is 0 Å². The number of hydrogen-bond acceptors (Lipinski definition) is 3. The zero-order valence-corrected chi connectivity index (χ0v) is 9.14. The zero-order chi connectivity index (χ0) is 9.97. The first-order valence-corrected chi connectivity index (χ1v) is 5.44. The van der Waals surface area contributed by atoms with Crippen molar-refractivity contribution in [3.8, 4) is 0 Å². The SMILES string of the molecule is Cc1cscc1NCc1nccn1C. The summed E-state index contributed by atoms with van der Waals surface area (Å²) < 4.78 is 2.02. The van der Waals surface area contributed by atoms with Crippen LogP contribution in [0.3, 0.4) is 0 Å². The summed E-state index contributed by atoms with van der Waals surface area (Å²) in [6.45, 7) is 2.89. The molecule has 74 valence electrons. The molecule has 2 rings (SSSR count). The number of aryl methyl sites for hydroxylation is 2. The van der Waals surface area contributed by atoms with Gasteiger partial charge in [0, 0.05) is 30.5 Å². The van der Waals surface area contributed by atoms with Crippen molar-refractivity contribution in [1.82, 2.24) is 9.55 Å². The van der Waals surface area contributed by atoms with Crippen LogP contribution in [0.25, 0.3) is 0 Å². The first kappa shape index (κ1) is 9.27. The van der Waals surface area contributed by atoms with Crippen molar-refractivity contribution < 1.29 is 0 Å². The Hall–Kier alpha value is -1.29. The van der Waals surface area contributed by atoms with E-state index in [2.05, 4.69) is 28.0 Å². The van der Waals surface area contributed by atoms with Gasteiger partial charge >= 0.3 is 0 Å². The predicted octanol–water partition coefficient (Wildman–Crippen LogP) is 2.40. The number of nitrogens with zero attached hydrogens (tertiary/aromatic N) is 2. The molecule has 3 nitrogen and oxygen atoms in total. The highest BCUT2D eigenvalue weighted by Gasteiger charge is 2.01. The molecular weight excluding hydrogens is 194 g/mol. The minimum absolute atomic E-state index is 0.779. The largest absolute Gasteiger partial charge is 0.377 e. The van der Waals surface area contributed by atoms with Gasteiger partial charge in [0.25, 0.3) is 0 Å². The minimum atomic E-state index is 0.779. The fourth-order valence-corrected chi connectivity index (χ4v) is 2.09. The van der Waals surface area contributed by atoms with E-state index >= 15 is 0 Å². The Morgan fingerprint density at radius 3 is 2.93 bits per heavy atom. The summed E-state index contributed by atoms with van der Waals surface area (Å²) >= 11 is 1.72. The van der Waals surface area contributed by atoms with Crippen molar-refractivity contribution in [1.29, 1.82) is 0 Å². The molecule has 4 heteroatoms. The number of anilines is 1. The standard InChI is InChI=1S/C10H13N3S/c1-8-6-14-7-9(8)12-5-10-11-3-4-13(10)2/h3-4,6-7,12H,5H2,1-2H3. The predicted molar refractivity (Wildman–Crippen MR) is 59.6 cm³/mol. The van der Waals surface area contributed by atoms with Gasteiger partial charge in [-0.15, -0.1) is 11.3 Å². The Morgan fingerprint density at radius 1 is 1.50 bits per heavy atom. The summed E-state index contributed by atoms with van der Waals surface area (Å²) in [4.78, 5) is 4.25. The summed E-state index contributed by atoms with van der Waals surface area (Å²) in [7, 11) is 2.00. The van der Waals surface area contributed by atoms with Gasteiger partial charge in [-0.25, -0.2) is 4.98 Å². The van der Waals surface area contributed by atoms with Gasteiger partial charge in [0.1, 0.15) is 5.82 Å². The highest BCUT2D eigenvalue weighted by molar-refractivity contribution is 7.08. The Balaban J connectivity index is 2.02. The lowest BCUT2D eigenvalue weighted by atomic mass is 10.3. The molecule has 0 aliphatic rings. The van der Waals surface area contributed by atoms with Gasteiger partial charge in [0.2, 0.25) is 0 Å². The lowest BCUT2D eigenvalue weighted by molar-refractivity contribution is 0.813. The average Bonchev–Trinajstić information content (AvgIpc) is 2.72. The van der Waals surface area contributed by atoms with E-state index in [-0.39, 0.29) is 0 Å². The van der Waals surface area contributed by atoms with Gasteiger partial charge < -0.3 is 9.88 Å². The maximum atomic E-state index is 4.25. The van der Waals surface area contributed by atoms with Gasteiger partial charge in [-0.1, -0.05) is 0 Å². The van der Waals surface area contributed by atoms with Crippen molar-refractivity contribution in [2.45, 2.75) is 13.5 Å². The van der Waals surface area contributed by atoms with Crippen LogP contribution in [0.5, 0.6) is 0 Å². The Bertz CT molecular complexity index is 376. The molecule has 0 atom stereocenters. The fraction of sp³-hybridized carbons (Fsp3) is 0.300. The number of nitrogens with one attached hydrogen (secondary N) is 1. The minimum Gasteiger partial charge on any atom is -0.377 e. The number of imidazole rings is 1. The van der Waals surface area contributed by atoms with Crippen LogP contribution in [0.1, 0.15) is 11.4 Å². The van der Waals surface area contributed by atoms with E-state index in [9.17, 15) is 0 Å². The van der Waals surface area contributed by atoms with E-state index < -0.39 is 0 Å². The van der Waals surface area contributed by atoms with E-state index in [4.69, 9.17) is 0 Å². The maximum Gasteiger partial charge on any atom is 0.127 e. The van der Waals surface area contributed by atoms with Crippen LogP contribution >= 0.6 is 11.3 Å². The highest BCUT2D eigenvalue weighted by atomic mass is 32.1. The average molecular weight is 207 g/mol. The summed E-state index contributed by atoms with van der Waals surface area (Å²) in [5.74, 6) is 1.05. The van der Waals surface area contributed by atoms with Crippen molar-refractivity contribution in [2.24, 2.45) is 7.05 Å². The lowest BCUT2D eigenvalue weighted by Gasteiger charge is -2.05. The summed E-state index contributed by atoms with van der Waals surface area (Å²) in [5, 5.41) is 7.63. The smallest absolute Gasteiger partial charge is 0.127 e. The third-order valence-electron chi connectivity index (χ3n) is 2.21. The molecule has 0 spiro atoms. The Morgan fingerprint density at radius 2 is 2.36 bits per heavy atom. The molecule has 2 heterocycles. The topological polar surface area (TPSA) is 29.9 Å². The molecule has 0 bridgehead atoms. The second-order valence-corrected chi connectivity index (χ2v) is 4.02. The normalized spacial score (nSPS) is 10.4. The van der Waals surface area contributed by atoms with E-state index in [1.807, 2.05) is 24.0 Å². The van der Waals surface area contributed by atoms with Gasteiger partial charge in [-0.2, -0.15) is 0 Å². The third-order valence-corrected chi connectivity index (χ3v) is 3.07. The zero-order valence-electron chi connectivity index (χ0n) is 8.32. The molecule has 2 aromatic rings.